The largest absolute Gasteiger partial charge is 0.476 e. The Balaban J connectivity index is 2.38. The van der Waals surface area contributed by atoms with Gasteiger partial charge in [0.1, 0.15) is 0 Å². The zero-order valence-corrected chi connectivity index (χ0v) is 9.95. The minimum absolute atomic E-state index is 0.175. The van der Waals surface area contributed by atoms with Gasteiger partial charge in [0.15, 0.2) is 5.69 Å². The highest BCUT2D eigenvalue weighted by atomic mass is 16.4. The van der Waals surface area contributed by atoms with E-state index >= 15 is 0 Å². The lowest BCUT2D eigenvalue weighted by molar-refractivity contribution is 0.0676. The smallest absolute Gasteiger partial charge is 0.356 e. The molecule has 18 heavy (non-hydrogen) atoms. The van der Waals surface area contributed by atoms with E-state index in [0.717, 1.165) is 23.9 Å². The minimum Gasteiger partial charge on any atom is -0.476 e. The minimum atomic E-state index is -1.17. The van der Waals surface area contributed by atoms with Crippen molar-refractivity contribution in [1.29, 1.82) is 0 Å². The first kappa shape index (κ1) is 12.8. The molecule has 98 valence electrons. The number of aliphatic hydroxyl groups is 1. The van der Waals surface area contributed by atoms with Gasteiger partial charge < -0.3 is 10.2 Å². The molecule has 2 rings (SSSR count). The van der Waals surface area contributed by atoms with Crippen molar-refractivity contribution in [2.45, 2.75) is 44.2 Å². The van der Waals surface area contributed by atoms with Crippen LogP contribution in [0.25, 0.3) is 0 Å². The van der Waals surface area contributed by atoms with E-state index in [1.165, 1.54) is 12.1 Å². The van der Waals surface area contributed by atoms with E-state index in [2.05, 4.69) is 5.10 Å². The summed E-state index contributed by atoms with van der Waals surface area (Å²) in [5, 5.41) is 22.7. The molecule has 2 unspecified atom stereocenters. The molecule has 1 saturated carbocycles. The first-order chi connectivity index (χ1) is 8.59. The number of aromatic carboxylic acids is 1. The highest BCUT2D eigenvalue weighted by Crippen LogP contribution is 2.25. The molecule has 6 heteroatoms. The number of aliphatic hydroxyl groups excluding tert-OH is 1. The molecule has 1 fully saturated rings. The van der Waals surface area contributed by atoms with E-state index < -0.39 is 18.1 Å². The van der Waals surface area contributed by atoms with Gasteiger partial charge in [0.2, 0.25) is 0 Å². The molecule has 0 aliphatic heterocycles. The van der Waals surface area contributed by atoms with Crippen LogP contribution in [0.1, 0.15) is 48.6 Å². The normalized spacial score (nSPS) is 24.5. The molecule has 1 aromatic heterocycles. The maximum Gasteiger partial charge on any atom is 0.356 e. The molecule has 2 atom stereocenters. The Labute approximate surface area is 104 Å². The van der Waals surface area contributed by atoms with E-state index in [4.69, 9.17) is 5.11 Å². The molecule has 0 amide bonds. The fourth-order valence-corrected chi connectivity index (χ4v) is 2.33. The van der Waals surface area contributed by atoms with Crippen LogP contribution in [0.5, 0.6) is 0 Å². The predicted molar refractivity (Wildman–Crippen MR) is 63.6 cm³/mol. The third-order valence-corrected chi connectivity index (χ3v) is 3.30. The van der Waals surface area contributed by atoms with E-state index in [1.54, 1.807) is 0 Å². The van der Waals surface area contributed by atoms with Crippen LogP contribution < -0.4 is 5.56 Å². The van der Waals surface area contributed by atoms with Crippen LogP contribution in [-0.4, -0.2) is 32.1 Å². The highest BCUT2D eigenvalue weighted by molar-refractivity contribution is 5.84. The van der Waals surface area contributed by atoms with Crippen LogP contribution in [0.15, 0.2) is 16.9 Å². The van der Waals surface area contributed by atoms with Gasteiger partial charge in [0.25, 0.3) is 5.56 Å². The van der Waals surface area contributed by atoms with Gasteiger partial charge in [-0.15, -0.1) is 0 Å². The molecule has 0 spiro atoms. The quantitative estimate of drug-likeness (QED) is 0.760. The topological polar surface area (TPSA) is 92.4 Å². The Hall–Kier alpha value is -1.69. The van der Waals surface area contributed by atoms with Crippen molar-refractivity contribution in [2.24, 2.45) is 0 Å². The lowest BCUT2D eigenvalue weighted by Gasteiger charge is -2.21. The SMILES string of the molecule is O=C(O)c1ccc(=O)n(C2CCCCCC2O)n1. The Morgan fingerprint density at radius 3 is 2.72 bits per heavy atom. The second-order valence-corrected chi connectivity index (χ2v) is 4.58. The van der Waals surface area contributed by atoms with Gasteiger partial charge in [-0.1, -0.05) is 19.3 Å². The molecule has 1 aliphatic carbocycles. The molecule has 0 saturated heterocycles. The molecule has 0 aromatic carbocycles. The standard InChI is InChI=1S/C12H16N2O4/c15-10-5-3-1-2-4-9(10)14-11(16)7-6-8(13-14)12(17)18/h6-7,9-10,15H,1-5H2,(H,17,18). The van der Waals surface area contributed by atoms with Crippen LogP contribution in [0.3, 0.4) is 0 Å². The Bertz CT molecular complexity index is 497. The second kappa shape index (κ2) is 5.30. The number of rotatable bonds is 2. The van der Waals surface area contributed by atoms with Gasteiger partial charge in [-0.25, -0.2) is 9.48 Å². The second-order valence-electron chi connectivity index (χ2n) is 4.58. The summed E-state index contributed by atoms with van der Waals surface area (Å²) in [4.78, 5) is 22.6. The Kier molecular flexibility index (Phi) is 3.76. The third kappa shape index (κ3) is 2.59. The molecule has 6 nitrogen and oxygen atoms in total. The summed E-state index contributed by atoms with van der Waals surface area (Å²) in [6, 6.07) is 1.96. The van der Waals surface area contributed by atoms with Gasteiger partial charge in [-0.05, 0) is 18.9 Å². The number of carboxylic acid groups (broad SMARTS) is 1. The van der Waals surface area contributed by atoms with Crippen LogP contribution in [0.4, 0.5) is 0 Å². The van der Waals surface area contributed by atoms with Gasteiger partial charge in [0.05, 0.1) is 12.1 Å². The maximum atomic E-state index is 11.7. The number of nitrogens with zero attached hydrogens (tertiary/aromatic N) is 2. The molecule has 1 aliphatic rings. The summed E-state index contributed by atoms with van der Waals surface area (Å²) >= 11 is 0. The van der Waals surface area contributed by atoms with Gasteiger partial charge in [0, 0.05) is 6.07 Å². The van der Waals surface area contributed by atoms with Crippen LogP contribution in [0.2, 0.25) is 0 Å². The zero-order chi connectivity index (χ0) is 13.1. The van der Waals surface area contributed by atoms with Crippen molar-refractivity contribution >= 4 is 5.97 Å². The molecule has 1 aromatic rings. The number of carbonyl (C=O) groups is 1. The molecular formula is C12H16N2O4. The summed E-state index contributed by atoms with van der Waals surface area (Å²) in [7, 11) is 0. The first-order valence-electron chi connectivity index (χ1n) is 6.11. The summed E-state index contributed by atoms with van der Waals surface area (Å²) in [5.74, 6) is -1.17. The summed E-state index contributed by atoms with van der Waals surface area (Å²) in [6.45, 7) is 0. The van der Waals surface area contributed by atoms with Gasteiger partial charge in [-0.2, -0.15) is 5.10 Å². The predicted octanol–water partition coefficient (Wildman–Crippen LogP) is 0.808. The van der Waals surface area contributed by atoms with Crippen molar-refractivity contribution in [3.8, 4) is 0 Å². The summed E-state index contributed by atoms with van der Waals surface area (Å²) in [5.41, 5.74) is -0.544. The van der Waals surface area contributed by atoms with Crippen LogP contribution in [-0.2, 0) is 0 Å². The van der Waals surface area contributed by atoms with E-state index in [0.29, 0.717) is 12.8 Å². The number of aromatic nitrogens is 2. The van der Waals surface area contributed by atoms with E-state index in [1.807, 2.05) is 0 Å². The van der Waals surface area contributed by atoms with Crippen LogP contribution >= 0.6 is 0 Å². The van der Waals surface area contributed by atoms with Gasteiger partial charge >= 0.3 is 5.97 Å². The van der Waals surface area contributed by atoms with Crippen molar-refractivity contribution in [1.82, 2.24) is 9.78 Å². The fourth-order valence-electron chi connectivity index (χ4n) is 2.33. The monoisotopic (exact) mass is 252 g/mol. The molecule has 0 bridgehead atoms. The summed E-state index contributed by atoms with van der Waals surface area (Å²) < 4.78 is 1.12. The molecule has 0 radical (unpaired) electrons. The lowest BCUT2D eigenvalue weighted by Crippen LogP contribution is -2.34. The molecular weight excluding hydrogens is 236 g/mol. The maximum absolute atomic E-state index is 11.7. The highest BCUT2D eigenvalue weighted by Gasteiger charge is 2.25. The number of hydrogen-bond acceptors (Lipinski definition) is 4. The lowest BCUT2D eigenvalue weighted by atomic mass is 10.1. The molecule has 2 N–H and O–H groups in total. The van der Waals surface area contributed by atoms with Crippen molar-refractivity contribution in [3.05, 3.63) is 28.2 Å². The van der Waals surface area contributed by atoms with Crippen molar-refractivity contribution in [3.63, 3.8) is 0 Å². The van der Waals surface area contributed by atoms with Crippen LogP contribution in [0, 0.1) is 0 Å². The fraction of sp³-hybridized carbons (Fsp3) is 0.583. The molecule has 1 heterocycles. The van der Waals surface area contributed by atoms with Crippen molar-refractivity contribution < 1.29 is 15.0 Å². The van der Waals surface area contributed by atoms with Crippen molar-refractivity contribution in [2.75, 3.05) is 0 Å². The Morgan fingerprint density at radius 2 is 2.00 bits per heavy atom. The van der Waals surface area contributed by atoms with E-state index in [9.17, 15) is 14.7 Å². The van der Waals surface area contributed by atoms with Gasteiger partial charge in [-0.3, -0.25) is 4.79 Å². The average molecular weight is 252 g/mol. The van der Waals surface area contributed by atoms with E-state index in [-0.39, 0.29) is 11.3 Å². The number of hydrogen-bond donors (Lipinski definition) is 2. The first-order valence-corrected chi connectivity index (χ1v) is 6.11. The third-order valence-electron chi connectivity index (χ3n) is 3.30. The Morgan fingerprint density at radius 1 is 1.28 bits per heavy atom. The number of carboxylic acids is 1. The zero-order valence-electron chi connectivity index (χ0n) is 9.95. The summed E-state index contributed by atoms with van der Waals surface area (Å²) in [6.07, 6.45) is 3.48. The average Bonchev–Trinajstić information content (AvgIpc) is 2.54.